The number of nitrogen functional groups attached to an aromatic ring is 1. The molecule has 1 aliphatic rings. The standard InChI is InChI=1S/C15H25N3O/c1-4-18-9-12(16)8-14(18)15(19)17-13-6-5-10(2)11(3)7-13/h8-11,13H,4-7,16H2,1-3H3,(H,17,19). The Kier molecular flexibility index (Phi) is 4.17. The van der Waals surface area contributed by atoms with Gasteiger partial charge in [-0.05, 0) is 44.1 Å². The molecule has 2 rings (SSSR count). The summed E-state index contributed by atoms with van der Waals surface area (Å²) in [5.74, 6) is 1.45. The zero-order valence-corrected chi connectivity index (χ0v) is 12.1. The first kappa shape index (κ1) is 14.0. The number of nitrogens with zero attached hydrogens (tertiary/aromatic N) is 1. The second kappa shape index (κ2) is 5.68. The Hall–Kier alpha value is -1.45. The lowest BCUT2D eigenvalue weighted by molar-refractivity contribution is 0.0901. The lowest BCUT2D eigenvalue weighted by Gasteiger charge is -2.32. The highest BCUT2D eigenvalue weighted by molar-refractivity contribution is 5.94. The van der Waals surface area contributed by atoms with Gasteiger partial charge in [0.1, 0.15) is 5.69 Å². The highest BCUT2D eigenvalue weighted by atomic mass is 16.2. The normalized spacial score (nSPS) is 27.2. The van der Waals surface area contributed by atoms with Crippen molar-refractivity contribution in [3.8, 4) is 0 Å². The predicted octanol–water partition coefficient (Wildman–Crippen LogP) is 2.64. The largest absolute Gasteiger partial charge is 0.397 e. The quantitative estimate of drug-likeness (QED) is 0.880. The van der Waals surface area contributed by atoms with E-state index in [4.69, 9.17) is 5.73 Å². The molecule has 0 aromatic carbocycles. The summed E-state index contributed by atoms with van der Waals surface area (Å²) in [6.07, 6.45) is 5.18. The van der Waals surface area contributed by atoms with Crippen LogP contribution in [-0.2, 0) is 6.54 Å². The van der Waals surface area contributed by atoms with Gasteiger partial charge in [0, 0.05) is 18.8 Å². The van der Waals surface area contributed by atoms with Crippen LogP contribution in [0.25, 0.3) is 0 Å². The van der Waals surface area contributed by atoms with Crippen LogP contribution < -0.4 is 11.1 Å². The topological polar surface area (TPSA) is 60.0 Å². The van der Waals surface area contributed by atoms with E-state index in [-0.39, 0.29) is 5.91 Å². The van der Waals surface area contributed by atoms with Gasteiger partial charge in [-0.2, -0.15) is 0 Å². The van der Waals surface area contributed by atoms with Crippen LogP contribution in [-0.4, -0.2) is 16.5 Å². The van der Waals surface area contributed by atoms with Gasteiger partial charge >= 0.3 is 0 Å². The minimum atomic E-state index is 0.00491. The van der Waals surface area contributed by atoms with E-state index in [0.717, 1.165) is 25.3 Å². The molecule has 1 heterocycles. The summed E-state index contributed by atoms with van der Waals surface area (Å²) in [5.41, 5.74) is 7.09. The molecule has 19 heavy (non-hydrogen) atoms. The molecule has 0 saturated heterocycles. The van der Waals surface area contributed by atoms with Crippen LogP contribution in [0.15, 0.2) is 12.3 Å². The number of hydrogen-bond donors (Lipinski definition) is 2. The molecule has 0 spiro atoms. The van der Waals surface area contributed by atoms with Crippen molar-refractivity contribution in [3.05, 3.63) is 18.0 Å². The first-order valence-corrected chi connectivity index (χ1v) is 7.27. The Morgan fingerprint density at radius 2 is 2.16 bits per heavy atom. The Labute approximate surface area is 115 Å². The fourth-order valence-corrected chi connectivity index (χ4v) is 2.92. The molecule has 106 valence electrons. The van der Waals surface area contributed by atoms with Gasteiger partial charge in [-0.3, -0.25) is 4.79 Å². The molecule has 4 nitrogen and oxygen atoms in total. The van der Waals surface area contributed by atoms with Gasteiger partial charge in [0.25, 0.3) is 5.91 Å². The van der Waals surface area contributed by atoms with Crippen LogP contribution in [0.5, 0.6) is 0 Å². The third-order valence-corrected chi connectivity index (χ3v) is 4.42. The van der Waals surface area contributed by atoms with E-state index >= 15 is 0 Å². The molecule has 0 bridgehead atoms. The summed E-state index contributed by atoms with van der Waals surface area (Å²) in [4.78, 5) is 12.3. The molecule has 1 amide bonds. The first-order chi connectivity index (χ1) is 9.01. The first-order valence-electron chi connectivity index (χ1n) is 7.27. The highest BCUT2D eigenvalue weighted by Crippen LogP contribution is 2.29. The minimum absolute atomic E-state index is 0.00491. The third kappa shape index (κ3) is 3.11. The zero-order valence-electron chi connectivity index (χ0n) is 12.1. The van der Waals surface area contributed by atoms with Gasteiger partial charge < -0.3 is 15.6 Å². The fourth-order valence-electron chi connectivity index (χ4n) is 2.92. The van der Waals surface area contributed by atoms with Crippen LogP contribution in [0.4, 0.5) is 5.69 Å². The van der Waals surface area contributed by atoms with Gasteiger partial charge in [-0.25, -0.2) is 0 Å². The zero-order chi connectivity index (χ0) is 14.0. The SMILES string of the molecule is CCn1cc(N)cc1C(=O)NC1CCC(C)C(C)C1. The Balaban J connectivity index is 2.01. The molecule has 1 aromatic heterocycles. The summed E-state index contributed by atoms with van der Waals surface area (Å²) < 4.78 is 1.90. The number of rotatable bonds is 3. The smallest absolute Gasteiger partial charge is 0.268 e. The van der Waals surface area contributed by atoms with Gasteiger partial charge in [0.15, 0.2) is 0 Å². The van der Waals surface area contributed by atoms with Gasteiger partial charge in [0.2, 0.25) is 0 Å². The Morgan fingerprint density at radius 3 is 2.79 bits per heavy atom. The molecule has 1 fully saturated rings. The second-order valence-corrected chi connectivity index (χ2v) is 5.88. The fraction of sp³-hybridized carbons (Fsp3) is 0.667. The Bertz CT molecular complexity index is 452. The van der Waals surface area contributed by atoms with Crippen molar-refractivity contribution < 1.29 is 4.79 Å². The number of anilines is 1. The monoisotopic (exact) mass is 263 g/mol. The molecule has 3 N–H and O–H groups in total. The van der Waals surface area contributed by atoms with Crippen LogP contribution in [0.2, 0.25) is 0 Å². The number of aryl methyl sites for hydroxylation is 1. The van der Waals surface area contributed by atoms with E-state index in [1.54, 1.807) is 6.07 Å². The van der Waals surface area contributed by atoms with Crippen molar-refractivity contribution in [1.82, 2.24) is 9.88 Å². The van der Waals surface area contributed by atoms with Crippen molar-refractivity contribution in [1.29, 1.82) is 0 Å². The number of carbonyl (C=O) groups excluding carboxylic acids is 1. The molecular weight excluding hydrogens is 238 g/mol. The molecule has 1 aromatic rings. The van der Waals surface area contributed by atoms with E-state index in [0.29, 0.717) is 23.3 Å². The van der Waals surface area contributed by atoms with Crippen LogP contribution in [0.1, 0.15) is 50.5 Å². The van der Waals surface area contributed by atoms with Gasteiger partial charge in [0.05, 0.1) is 5.69 Å². The maximum Gasteiger partial charge on any atom is 0.268 e. The molecular formula is C15H25N3O. The van der Waals surface area contributed by atoms with E-state index in [2.05, 4.69) is 19.2 Å². The highest BCUT2D eigenvalue weighted by Gasteiger charge is 2.26. The van der Waals surface area contributed by atoms with Crippen molar-refractivity contribution in [2.75, 3.05) is 5.73 Å². The summed E-state index contributed by atoms with van der Waals surface area (Å²) in [6.45, 7) is 7.35. The molecule has 3 unspecified atom stereocenters. The maximum atomic E-state index is 12.3. The lowest BCUT2D eigenvalue weighted by atomic mass is 9.79. The van der Waals surface area contributed by atoms with E-state index in [1.807, 2.05) is 17.7 Å². The van der Waals surface area contributed by atoms with Gasteiger partial charge in [-0.15, -0.1) is 0 Å². The van der Waals surface area contributed by atoms with Crippen molar-refractivity contribution in [3.63, 3.8) is 0 Å². The minimum Gasteiger partial charge on any atom is -0.397 e. The van der Waals surface area contributed by atoms with E-state index in [9.17, 15) is 4.79 Å². The summed E-state index contributed by atoms with van der Waals surface area (Å²) in [7, 11) is 0. The summed E-state index contributed by atoms with van der Waals surface area (Å²) >= 11 is 0. The lowest BCUT2D eigenvalue weighted by Crippen LogP contribution is -2.40. The number of carbonyl (C=O) groups is 1. The van der Waals surface area contributed by atoms with Crippen LogP contribution in [0.3, 0.4) is 0 Å². The van der Waals surface area contributed by atoms with Crippen LogP contribution >= 0.6 is 0 Å². The number of amides is 1. The number of hydrogen-bond acceptors (Lipinski definition) is 2. The molecule has 1 aliphatic carbocycles. The molecule has 1 saturated carbocycles. The third-order valence-electron chi connectivity index (χ3n) is 4.42. The van der Waals surface area contributed by atoms with Crippen molar-refractivity contribution >= 4 is 11.6 Å². The summed E-state index contributed by atoms with van der Waals surface area (Å²) in [5, 5.41) is 3.16. The predicted molar refractivity (Wildman–Crippen MR) is 78.0 cm³/mol. The number of nitrogens with two attached hydrogens (primary N) is 1. The molecule has 0 radical (unpaired) electrons. The van der Waals surface area contributed by atoms with Crippen molar-refractivity contribution in [2.45, 2.75) is 52.6 Å². The molecule has 4 heteroatoms. The van der Waals surface area contributed by atoms with E-state index in [1.165, 1.54) is 6.42 Å². The Morgan fingerprint density at radius 1 is 1.42 bits per heavy atom. The average Bonchev–Trinajstić information content (AvgIpc) is 2.75. The molecule has 3 atom stereocenters. The number of nitrogens with one attached hydrogen (secondary N) is 1. The second-order valence-electron chi connectivity index (χ2n) is 5.88. The summed E-state index contributed by atoms with van der Waals surface area (Å²) in [6, 6.07) is 2.06. The maximum absolute atomic E-state index is 12.3. The average molecular weight is 263 g/mol. The van der Waals surface area contributed by atoms with Crippen LogP contribution in [0, 0.1) is 11.8 Å². The molecule has 0 aliphatic heterocycles. The van der Waals surface area contributed by atoms with Gasteiger partial charge in [-0.1, -0.05) is 13.8 Å². The van der Waals surface area contributed by atoms with Crippen molar-refractivity contribution in [2.24, 2.45) is 11.8 Å². The van der Waals surface area contributed by atoms with E-state index < -0.39 is 0 Å². The number of aromatic nitrogens is 1.